The minimum absolute atomic E-state index is 0.0226. The zero-order valence-electron chi connectivity index (χ0n) is 15.5. The van der Waals surface area contributed by atoms with Gasteiger partial charge in [-0.05, 0) is 37.5 Å². The van der Waals surface area contributed by atoms with Crippen molar-refractivity contribution in [2.45, 2.75) is 50.8 Å². The summed E-state index contributed by atoms with van der Waals surface area (Å²) >= 11 is 0. The number of methoxy groups -OCH3 is 1. The molecule has 0 radical (unpaired) electrons. The largest absolute Gasteiger partial charge is 0.495 e. The third-order valence-electron chi connectivity index (χ3n) is 4.25. The van der Waals surface area contributed by atoms with E-state index in [1.807, 2.05) is 13.8 Å². The van der Waals surface area contributed by atoms with Gasteiger partial charge in [-0.1, -0.05) is 13.8 Å². The van der Waals surface area contributed by atoms with E-state index in [0.29, 0.717) is 32.4 Å². The highest BCUT2D eigenvalue weighted by Crippen LogP contribution is 2.33. The second-order valence-electron chi connectivity index (χ2n) is 6.22. The molecule has 144 valence electrons. The van der Waals surface area contributed by atoms with Gasteiger partial charge in [0.15, 0.2) is 0 Å². The lowest BCUT2D eigenvalue weighted by molar-refractivity contribution is -0.129. The van der Waals surface area contributed by atoms with Crippen LogP contribution in [0.5, 0.6) is 5.75 Å². The molecule has 0 spiro atoms. The summed E-state index contributed by atoms with van der Waals surface area (Å²) < 4.78 is 32.9. The minimum atomic E-state index is -3.81. The maximum atomic E-state index is 13.1. The topological polar surface area (TPSA) is 84.0 Å². The van der Waals surface area contributed by atoms with E-state index in [1.54, 1.807) is 6.07 Å². The Morgan fingerprint density at radius 2 is 1.65 bits per heavy atom. The number of ether oxygens (including phenoxy) is 1. The second kappa shape index (κ2) is 8.64. The fourth-order valence-corrected chi connectivity index (χ4v) is 4.84. The summed E-state index contributed by atoms with van der Waals surface area (Å²) in [5.74, 6) is -0.426. The number of hydrogen-bond acceptors (Lipinski definition) is 5. The summed E-state index contributed by atoms with van der Waals surface area (Å²) in [5.41, 5.74) is 0.270. The molecule has 8 heteroatoms. The number of piperidine rings is 1. The van der Waals surface area contributed by atoms with Gasteiger partial charge < -0.3 is 4.74 Å². The summed E-state index contributed by atoms with van der Waals surface area (Å²) in [6, 6.07) is 4.41. The molecule has 0 saturated carbocycles. The van der Waals surface area contributed by atoms with Gasteiger partial charge in [0.05, 0.1) is 12.8 Å². The number of nitrogens with zero attached hydrogens (tertiary/aromatic N) is 2. The number of imide groups is 1. The maximum Gasteiger partial charge on any atom is 0.246 e. The first-order valence-electron chi connectivity index (χ1n) is 8.90. The van der Waals surface area contributed by atoms with Crippen LogP contribution in [-0.2, 0) is 19.6 Å². The predicted molar refractivity (Wildman–Crippen MR) is 98.7 cm³/mol. The van der Waals surface area contributed by atoms with Gasteiger partial charge in [-0.15, -0.1) is 0 Å². The molecule has 1 aromatic carbocycles. The van der Waals surface area contributed by atoms with E-state index in [0.717, 1.165) is 4.90 Å². The predicted octanol–water partition coefficient (Wildman–Crippen LogP) is 2.55. The molecule has 1 aliphatic rings. The van der Waals surface area contributed by atoms with E-state index in [-0.39, 0.29) is 41.0 Å². The Morgan fingerprint density at radius 1 is 1.08 bits per heavy atom. The second-order valence-corrected chi connectivity index (χ2v) is 8.12. The summed E-state index contributed by atoms with van der Waals surface area (Å²) in [4.78, 5) is 25.4. The van der Waals surface area contributed by atoms with Crippen molar-refractivity contribution in [3.8, 4) is 5.75 Å². The first-order valence-corrected chi connectivity index (χ1v) is 10.3. The SMILES string of the molecule is CCCN(CCC)S(=O)(=O)c1cc(N2C(=O)CCCC2=O)ccc1OC. The molecular formula is C18H26N2O5S. The fraction of sp³-hybridized carbons (Fsp3) is 0.556. The van der Waals surface area contributed by atoms with Crippen molar-refractivity contribution >= 4 is 27.5 Å². The van der Waals surface area contributed by atoms with Crippen molar-refractivity contribution in [3.63, 3.8) is 0 Å². The van der Waals surface area contributed by atoms with Crippen molar-refractivity contribution in [3.05, 3.63) is 18.2 Å². The van der Waals surface area contributed by atoms with Crippen LogP contribution in [0.2, 0.25) is 0 Å². The Kier molecular flexibility index (Phi) is 6.77. The van der Waals surface area contributed by atoms with Crippen LogP contribution >= 0.6 is 0 Å². The zero-order chi connectivity index (χ0) is 19.3. The van der Waals surface area contributed by atoms with Crippen molar-refractivity contribution < 1.29 is 22.7 Å². The van der Waals surface area contributed by atoms with Crippen molar-refractivity contribution in [1.82, 2.24) is 4.31 Å². The summed E-state index contributed by atoms with van der Waals surface area (Å²) in [6.45, 7) is 4.62. The zero-order valence-corrected chi connectivity index (χ0v) is 16.3. The lowest BCUT2D eigenvalue weighted by Crippen LogP contribution is -2.40. The van der Waals surface area contributed by atoms with Crippen LogP contribution in [0.15, 0.2) is 23.1 Å². The van der Waals surface area contributed by atoms with Gasteiger partial charge in [0, 0.05) is 25.9 Å². The molecule has 1 heterocycles. The number of anilines is 1. The number of sulfonamides is 1. The molecule has 0 aliphatic carbocycles. The van der Waals surface area contributed by atoms with Crippen LogP contribution in [0, 0.1) is 0 Å². The summed E-state index contributed by atoms with van der Waals surface area (Å²) in [7, 11) is -2.41. The number of hydrogen-bond donors (Lipinski definition) is 0. The van der Waals surface area contributed by atoms with Crippen molar-refractivity contribution in [2.24, 2.45) is 0 Å². The van der Waals surface area contributed by atoms with Gasteiger partial charge in [0.1, 0.15) is 10.6 Å². The molecule has 0 N–H and O–H groups in total. The van der Waals surface area contributed by atoms with E-state index < -0.39 is 10.0 Å². The molecule has 2 rings (SSSR count). The van der Waals surface area contributed by atoms with E-state index in [9.17, 15) is 18.0 Å². The van der Waals surface area contributed by atoms with E-state index in [1.165, 1.54) is 23.5 Å². The first kappa shape index (κ1) is 20.4. The Morgan fingerprint density at radius 3 is 2.15 bits per heavy atom. The van der Waals surface area contributed by atoms with Gasteiger partial charge >= 0.3 is 0 Å². The number of carbonyl (C=O) groups is 2. The van der Waals surface area contributed by atoms with Gasteiger partial charge in [-0.3, -0.25) is 14.5 Å². The Balaban J connectivity index is 2.53. The van der Waals surface area contributed by atoms with Crippen LogP contribution < -0.4 is 9.64 Å². The van der Waals surface area contributed by atoms with Crippen LogP contribution in [0.3, 0.4) is 0 Å². The van der Waals surface area contributed by atoms with Crippen LogP contribution in [-0.4, -0.2) is 44.7 Å². The molecule has 0 unspecified atom stereocenters. The molecule has 7 nitrogen and oxygen atoms in total. The van der Waals surface area contributed by atoms with E-state index >= 15 is 0 Å². The molecule has 1 fully saturated rings. The first-order chi connectivity index (χ1) is 12.4. The van der Waals surface area contributed by atoms with E-state index in [4.69, 9.17) is 4.74 Å². The number of benzene rings is 1. The molecule has 1 aromatic rings. The summed E-state index contributed by atoms with van der Waals surface area (Å²) in [5, 5.41) is 0. The van der Waals surface area contributed by atoms with Gasteiger partial charge in [-0.25, -0.2) is 8.42 Å². The summed E-state index contributed by atoms with van der Waals surface area (Å²) in [6.07, 6.45) is 2.44. The molecule has 0 aromatic heterocycles. The Labute approximate surface area is 155 Å². The molecular weight excluding hydrogens is 356 g/mol. The molecule has 1 saturated heterocycles. The number of carbonyl (C=O) groups excluding carboxylic acids is 2. The lowest BCUT2D eigenvalue weighted by atomic mass is 10.1. The average Bonchev–Trinajstić information content (AvgIpc) is 2.61. The highest BCUT2D eigenvalue weighted by atomic mass is 32.2. The molecule has 26 heavy (non-hydrogen) atoms. The highest BCUT2D eigenvalue weighted by Gasteiger charge is 2.31. The smallest absolute Gasteiger partial charge is 0.246 e. The quantitative estimate of drug-likeness (QED) is 0.645. The fourth-order valence-electron chi connectivity index (χ4n) is 3.04. The van der Waals surface area contributed by atoms with Crippen LogP contribution in [0.25, 0.3) is 0 Å². The van der Waals surface area contributed by atoms with Crippen molar-refractivity contribution in [2.75, 3.05) is 25.1 Å². The Bertz CT molecular complexity index is 754. The maximum absolute atomic E-state index is 13.1. The Hall–Kier alpha value is -1.93. The molecule has 0 bridgehead atoms. The number of rotatable bonds is 8. The van der Waals surface area contributed by atoms with Crippen LogP contribution in [0.4, 0.5) is 5.69 Å². The standard InChI is InChI=1S/C18H26N2O5S/c1-4-11-19(12-5-2)26(23,24)16-13-14(9-10-15(16)25-3)20-17(21)7-6-8-18(20)22/h9-10,13H,4-8,11-12H2,1-3H3. The van der Waals surface area contributed by atoms with E-state index in [2.05, 4.69) is 0 Å². The monoisotopic (exact) mass is 382 g/mol. The van der Waals surface area contributed by atoms with Gasteiger partial charge in [0.25, 0.3) is 0 Å². The van der Waals surface area contributed by atoms with Gasteiger partial charge in [-0.2, -0.15) is 4.31 Å². The molecule has 0 atom stereocenters. The van der Waals surface area contributed by atoms with Crippen LogP contribution in [0.1, 0.15) is 46.0 Å². The normalized spacial score (nSPS) is 15.6. The average molecular weight is 382 g/mol. The number of amides is 2. The molecule has 1 aliphatic heterocycles. The third kappa shape index (κ3) is 4.07. The van der Waals surface area contributed by atoms with Gasteiger partial charge in [0.2, 0.25) is 21.8 Å². The highest BCUT2D eigenvalue weighted by molar-refractivity contribution is 7.89. The van der Waals surface area contributed by atoms with Crippen molar-refractivity contribution in [1.29, 1.82) is 0 Å². The molecule has 2 amide bonds. The third-order valence-corrected chi connectivity index (χ3v) is 6.17. The minimum Gasteiger partial charge on any atom is -0.495 e. The lowest BCUT2D eigenvalue weighted by Gasteiger charge is -2.27.